The molecule has 0 fully saturated rings. The van der Waals surface area contributed by atoms with Gasteiger partial charge in [-0.2, -0.15) is 0 Å². The van der Waals surface area contributed by atoms with Crippen molar-refractivity contribution in [2.75, 3.05) is 0 Å². The van der Waals surface area contributed by atoms with Crippen LogP contribution in [0.4, 0.5) is 0 Å². The molecule has 0 aliphatic heterocycles. The van der Waals surface area contributed by atoms with E-state index in [1.807, 2.05) is 0 Å². The summed E-state index contributed by atoms with van der Waals surface area (Å²) in [7, 11) is 0. The number of aryl methyl sites for hydroxylation is 1. The first-order valence-corrected chi connectivity index (χ1v) is 5.30. The van der Waals surface area contributed by atoms with E-state index in [1.54, 1.807) is 0 Å². The molecular weight excluding hydrogens is 168 g/mol. The highest BCUT2D eigenvalue weighted by Crippen LogP contribution is 2.22. The van der Waals surface area contributed by atoms with Crippen LogP contribution < -0.4 is 0 Å². The number of benzene rings is 1. The Kier molecular flexibility index (Phi) is 3.51. The Bertz CT molecular complexity index is 343. The molecule has 0 amide bonds. The molecule has 0 heterocycles. The largest absolute Gasteiger partial charge is 0.0871 e. The second kappa shape index (κ2) is 4.45. The van der Waals surface area contributed by atoms with Crippen molar-refractivity contribution in [3.63, 3.8) is 0 Å². The lowest BCUT2D eigenvalue weighted by Crippen LogP contribution is -1.93. The Morgan fingerprint density at radius 2 is 1.79 bits per heavy atom. The smallest absolute Gasteiger partial charge is 0.0219 e. The van der Waals surface area contributed by atoms with Crippen LogP contribution in [0.1, 0.15) is 48.9 Å². The standard InChI is InChI=1S/C14H20/c1-6-7-13-9-14(10(2)3)8-11(4)12(13)5/h6-10H,1-5H3/b7-6-. The molecule has 1 rings (SSSR count). The van der Waals surface area contributed by atoms with E-state index in [-0.39, 0.29) is 0 Å². The summed E-state index contributed by atoms with van der Waals surface area (Å²) < 4.78 is 0. The second-order valence-electron chi connectivity index (χ2n) is 4.21. The van der Waals surface area contributed by atoms with Crippen LogP contribution in [-0.2, 0) is 0 Å². The van der Waals surface area contributed by atoms with Crippen LogP contribution in [-0.4, -0.2) is 0 Å². The first kappa shape index (κ1) is 11.0. The van der Waals surface area contributed by atoms with E-state index in [9.17, 15) is 0 Å². The predicted molar refractivity (Wildman–Crippen MR) is 64.7 cm³/mol. The van der Waals surface area contributed by atoms with Gasteiger partial charge in [-0.3, -0.25) is 0 Å². The van der Waals surface area contributed by atoms with E-state index in [0.29, 0.717) is 5.92 Å². The van der Waals surface area contributed by atoms with E-state index in [1.165, 1.54) is 22.3 Å². The van der Waals surface area contributed by atoms with E-state index in [2.05, 4.69) is 58.9 Å². The fourth-order valence-corrected chi connectivity index (χ4v) is 1.60. The molecule has 0 radical (unpaired) electrons. The Morgan fingerprint density at radius 3 is 2.29 bits per heavy atom. The highest BCUT2D eigenvalue weighted by Gasteiger charge is 2.04. The van der Waals surface area contributed by atoms with Gasteiger partial charge in [0.25, 0.3) is 0 Å². The molecule has 0 aliphatic rings. The van der Waals surface area contributed by atoms with Gasteiger partial charge in [0, 0.05) is 0 Å². The van der Waals surface area contributed by atoms with Gasteiger partial charge < -0.3 is 0 Å². The first-order valence-electron chi connectivity index (χ1n) is 5.30. The van der Waals surface area contributed by atoms with E-state index < -0.39 is 0 Å². The molecule has 0 saturated carbocycles. The molecule has 1 aromatic carbocycles. The van der Waals surface area contributed by atoms with Crippen LogP contribution in [0.3, 0.4) is 0 Å². The van der Waals surface area contributed by atoms with Crippen molar-refractivity contribution in [3.05, 3.63) is 40.5 Å². The SMILES string of the molecule is C/C=C\c1cc(C(C)C)cc(C)c1C. The minimum Gasteiger partial charge on any atom is -0.0871 e. The maximum absolute atomic E-state index is 2.30. The van der Waals surface area contributed by atoms with Crippen molar-refractivity contribution in [1.82, 2.24) is 0 Å². The quantitative estimate of drug-likeness (QED) is 0.642. The van der Waals surface area contributed by atoms with Crippen molar-refractivity contribution < 1.29 is 0 Å². The lowest BCUT2D eigenvalue weighted by atomic mass is 9.94. The molecule has 0 N–H and O–H groups in total. The topological polar surface area (TPSA) is 0 Å². The Hall–Kier alpha value is -1.04. The van der Waals surface area contributed by atoms with Crippen LogP contribution in [0.5, 0.6) is 0 Å². The molecule has 0 aromatic heterocycles. The first-order chi connectivity index (χ1) is 6.56. The summed E-state index contributed by atoms with van der Waals surface area (Å²) in [4.78, 5) is 0. The Morgan fingerprint density at radius 1 is 1.14 bits per heavy atom. The average Bonchev–Trinajstić information content (AvgIpc) is 2.12. The molecule has 0 aliphatic carbocycles. The zero-order valence-electron chi connectivity index (χ0n) is 9.89. The fourth-order valence-electron chi connectivity index (χ4n) is 1.60. The molecule has 0 nitrogen and oxygen atoms in total. The van der Waals surface area contributed by atoms with Gasteiger partial charge in [0.1, 0.15) is 0 Å². The van der Waals surface area contributed by atoms with Gasteiger partial charge in [-0.25, -0.2) is 0 Å². The molecule has 0 heteroatoms. The molecule has 0 spiro atoms. The summed E-state index contributed by atoms with van der Waals surface area (Å²) in [5.41, 5.74) is 5.58. The van der Waals surface area contributed by atoms with Crippen molar-refractivity contribution in [2.24, 2.45) is 0 Å². The molecule has 76 valence electrons. The van der Waals surface area contributed by atoms with Gasteiger partial charge in [0.05, 0.1) is 0 Å². The monoisotopic (exact) mass is 188 g/mol. The summed E-state index contributed by atoms with van der Waals surface area (Å²) in [6, 6.07) is 4.60. The van der Waals surface area contributed by atoms with Crippen molar-refractivity contribution in [1.29, 1.82) is 0 Å². The number of hydrogen-bond donors (Lipinski definition) is 0. The minimum absolute atomic E-state index is 0.610. The fraction of sp³-hybridized carbons (Fsp3) is 0.429. The average molecular weight is 188 g/mol. The van der Waals surface area contributed by atoms with Crippen molar-refractivity contribution in [3.8, 4) is 0 Å². The molecule has 0 bridgehead atoms. The molecule has 0 saturated heterocycles. The second-order valence-corrected chi connectivity index (χ2v) is 4.21. The zero-order valence-corrected chi connectivity index (χ0v) is 9.89. The maximum Gasteiger partial charge on any atom is -0.0219 e. The summed E-state index contributed by atoms with van der Waals surface area (Å²) >= 11 is 0. The van der Waals surface area contributed by atoms with Crippen molar-refractivity contribution in [2.45, 2.75) is 40.5 Å². The Balaban J connectivity index is 3.28. The third-order valence-electron chi connectivity index (χ3n) is 2.74. The summed E-state index contributed by atoms with van der Waals surface area (Å²) in [6.45, 7) is 10.9. The Labute approximate surface area is 87.7 Å². The van der Waals surface area contributed by atoms with Crippen LogP contribution in [0.25, 0.3) is 6.08 Å². The van der Waals surface area contributed by atoms with Crippen LogP contribution in [0.15, 0.2) is 18.2 Å². The molecule has 0 unspecified atom stereocenters. The van der Waals surface area contributed by atoms with Crippen LogP contribution in [0, 0.1) is 13.8 Å². The van der Waals surface area contributed by atoms with Gasteiger partial charge in [-0.1, -0.05) is 38.1 Å². The predicted octanol–water partition coefficient (Wildman–Crippen LogP) is 4.46. The van der Waals surface area contributed by atoms with E-state index >= 15 is 0 Å². The third kappa shape index (κ3) is 2.25. The molecular formula is C14H20. The van der Waals surface area contributed by atoms with Gasteiger partial charge in [-0.15, -0.1) is 0 Å². The highest BCUT2D eigenvalue weighted by molar-refractivity contribution is 5.57. The zero-order chi connectivity index (χ0) is 10.7. The third-order valence-corrected chi connectivity index (χ3v) is 2.74. The summed E-state index contributed by atoms with van der Waals surface area (Å²) in [5.74, 6) is 0.610. The normalized spacial score (nSPS) is 11.6. The number of hydrogen-bond acceptors (Lipinski definition) is 0. The van der Waals surface area contributed by atoms with Crippen molar-refractivity contribution >= 4 is 6.08 Å². The summed E-state index contributed by atoms with van der Waals surface area (Å²) in [5, 5.41) is 0. The number of rotatable bonds is 2. The lowest BCUT2D eigenvalue weighted by molar-refractivity contribution is 0.863. The highest BCUT2D eigenvalue weighted by atomic mass is 14.1. The van der Waals surface area contributed by atoms with Gasteiger partial charge >= 0.3 is 0 Å². The van der Waals surface area contributed by atoms with Gasteiger partial charge in [-0.05, 0) is 48.9 Å². The number of allylic oxidation sites excluding steroid dienone is 1. The lowest BCUT2D eigenvalue weighted by Gasteiger charge is -2.11. The maximum atomic E-state index is 2.30. The molecule has 0 atom stereocenters. The van der Waals surface area contributed by atoms with E-state index in [4.69, 9.17) is 0 Å². The molecule has 1 aromatic rings. The minimum atomic E-state index is 0.610. The summed E-state index contributed by atoms with van der Waals surface area (Å²) in [6.07, 6.45) is 4.29. The van der Waals surface area contributed by atoms with E-state index in [0.717, 1.165) is 0 Å². The molecule has 14 heavy (non-hydrogen) atoms. The van der Waals surface area contributed by atoms with Crippen LogP contribution >= 0.6 is 0 Å². The van der Waals surface area contributed by atoms with Gasteiger partial charge in [0.2, 0.25) is 0 Å². The van der Waals surface area contributed by atoms with Gasteiger partial charge in [0.15, 0.2) is 0 Å². The van der Waals surface area contributed by atoms with Crippen LogP contribution in [0.2, 0.25) is 0 Å².